The molecule has 1 heterocycles. The number of cyclic esters (lactones) is 2. The van der Waals surface area contributed by atoms with Crippen LogP contribution in [0.15, 0.2) is 36.5 Å². The van der Waals surface area contributed by atoms with Crippen LogP contribution in [0.25, 0.3) is 0 Å². The van der Waals surface area contributed by atoms with Crippen molar-refractivity contribution in [3.63, 3.8) is 0 Å². The van der Waals surface area contributed by atoms with E-state index in [1.807, 2.05) is 0 Å². The lowest BCUT2D eigenvalue weighted by Gasteiger charge is -2.04. The monoisotopic (exact) mass is 340 g/mol. The summed E-state index contributed by atoms with van der Waals surface area (Å²) in [7, 11) is 0. The van der Waals surface area contributed by atoms with E-state index in [4.69, 9.17) is 10.2 Å². The molecule has 1 aliphatic heterocycles. The zero-order valence-electron chi connectivity index (χ0n) is 12.1. The summed E-state index contributed by atoms with van der Waals surface area (Å²) in [6, 6.07) is 0. The minimum absolute atomic E-state index is 0.422. The second-order valence-corrected chi connectivity index (χ2v) is 4.10. The number of aliphatic carboxylic acids is 2. The first kappa shape index (κ1) is 20.4. The van der Waals surface area contributed by atoms with Crippen molar-refractivity contribution in [2.45, 2.75) is 12.8 Å². The molecule has 0 aromatic carbocycles. The average Bonchev–Trinajstić information content (AvgIpc) is 2.81. The van der Waals surface area contributed by atoms with Gasteiger partial charge in [-0.05, 0) is 0 Å². The van der Waals surface area contributed by atoms with Gasteiger partial charge in [0.05, 0.1) is 12.8 Å². The van der Waals surface area contributed by atoms with Crippen molar-refractivity contribution in [2.24, 2.45) is 0 Å². The first-order valence-corrected chi connectivity index (χ1v) is 6.02. The fourth-order valence-corrected chi connectivity index (χ4v) is 1.04. The van der Waals surface area contributed by atoms with Crippen LogP contribution in [0, 0.1) is 0 Å². The van der Waals surface area contributed by atoms with E-state index in [0.717, 1.165) is 12.2 Å². The Morgan fingerprint density at radius 3 is 1.42 bits per heavy atom. The Hall–Kier alpha value is -3.56. The minimum Gasteiger partial charge on any atom is -0.481 e. The lowest BCUT2D eigenvalue weighted by Crippen LogP contribution is -2.18. The molecule has 0 aromatic heterocycles. The van der Waals surface area contributed by atoms with Crippen molar-refractivity contribution in [1.82, 2.24) is 0 Å². The average molecular weight is 340 g/mol. The first-order valence-electron chi connectivity index (χ1n) is 6.02. The van der Waals surface area contributed by atoms with Crippen LogP contribution >= 0.6 is 0 Å². The summed E-state index contributed by atoms with van der Waals surface area (Å²) in [5.41, 5.74) is -0.844. The molecular formula is C14H12O10. The molecule has 0 unspecified atom stereocenters. The fraction of sp³-hybridized carbons (Fsp3) is 0.143. The number of carbonyl (C=O) groups excluding carboxylic acids is 4. The number of esters is 4. The number of carboxylic acids is 2. The van der Waals surface area contributed by atoms with Crippen LogP contribution in [-0.2, 0) is 38.2 Å². The van der Waals surface area contributed by atoms with Gasteiger partial charge in [-0.15, -0.1) is 0 Å². The number of carbonyl (C=O) groups is 6. The summed E-state index contributed by atoms with van der Waals surface area (Å²) in [4.78, 5) is 62.5. The Morgan fingerprint density at radius 1 is 0.875 bits per heavy atom. The molecule has 128 valence electrons. The largest absolute Gasteiger partial charge is 0.481 e. The Bertz CT molecular complexity index is 598. The van der Waals surface area contributed by atoms with E-state index in [9.17, 15) is 28.8 Å². The molecule has 1 aliphatic rings. The topological polar surface area (TPSA) is 161 Å². The minimum atomic E-state index is -1.30. The molecule has 0 aliphatic carbocycles. The van der Waals surface area contributed by atoms with Gasteiger partial charge in [0.25, 0.3) is 0 Å². The van der Waals surface area contributed by atoms with E-state index in [-0.39, 0.29) is 0 Å². The third-order valence-corrected chi connectivity index (χ3v) is 2.05. The zero-order valence-corrected chi connectivity index (χ0v) is 12.1. The molecule has 0 fully saturated rings. The molecule has 0 amide bonds. The summed E-state index contributed by atoms with van der Waals surface area (Å²) < 4.78 is 8.14. The predicted molar refractivity (Wildman–Crippen MR) is 74.1 cm³/mol. The van der Waals surface area contributed by atoms with Crippen LogP contribution in [0.4, 0.5) is 0 Å². The summed E-state index contributed by atoms with van der Waals surface area (Å²) in [6.07, 6.45) is 0.833. The summed E-state index contributed by atoms with van der Waals surface area (Å²) in [6.45, 7) is 6.23. The highest BCUT2D eigenvalue weighted by Crippen LogP contribution is 2.06. The third-order valence-electron chi connectivity index (χ3n) is 2.05. The molecule has 0 saturated carbocycles. The van der Waals surface area contributed by atoms with Crippen molar-refractivity contribution >= 4 is 35.8 Å². The van der Waals surface area contributed by atoms with Crippen LogP contribution in [0.2, 0.25) is 0 Å². The maximum atomic E-state index is 11.1. The van der Waals surface area contributed by atoms with Crippen LogP contribution in [0.3, 0.4) is 0 Å². The number of carboxylic acid groups (broad SMARTS) is 2. The van der Waals surface area contributed by atoms with Crippen molar-refractivity contribution in [1.29, 1.82) is 0 Å². The van der Waals surface area contributed by atoms with Gasteiger partial charge in [-0.2, -0.15) is 0 Å². The third kappa shape index (κ3) is 8.67. The molecule has 1 rings (SSSR count). The highest BCUT2D eigenvalue weighted by atomic mass is 16.6. The van der Waals surface area contributed by atoms with E-state index in [2.05, 4.69) is 22.6 Å². The van der Waals surface area contributed by atoms with Crippen molar-refractivity contribution in [3.8, 4) is 0 Å². The van der Waals surface area contributed by atoms with Crippen LogP contribution < -0.4 is 0 Å². The van der Waals surface area contributed by atoms with Gasteiger partial charge in [0, 0.05) is 23.3 Å². The molecule has 0 radical (unpaired) electrons. The second-order valence-electron chi connectivity index (χ2n) is 4.10. The number of hydrogen-bond acceptors (Lipinski definition) is 8. The standard InChI is InChI=1S/C10H10O7.C4H2O3/c1-5(3-7(11)12)9(15)17-10(16)6(2)4-8(13)14;5-3-1-2-4(6)7-3/h1-4H2,(H,11,12)(H,13,14);1-2H. The maximum absolute atomic E-state index is 11.1. The Labute approximate surface area is 134 Å². The lowest BCUT2D eigenvalue weighted by atomic mass is 10.2. The fourth-order valence-electron chi connectivity index (χ4n) is 1.04. The van der Waals surface area contributed by atoms with Gasteiger partial charge >= 0.3 is 35.8 Å². The SMILES string of the molecule is C=C(CC(=O)O)C(=O)OC(=O)C(=C)CC(=O)O.O=C1C=CC(=O)O1. The molecular weight excluding hydrogens is 328 g/mol. The highest BCUT2D eigenvalue weighted by molar-refractivity contribution is 6.05. The summed E-state index contributed by atoms with van der Waals surface area (Å²) in [5.74, 6) is -6.20. The number of ether oxygens (including phenoxy) is 2. The maximum Gasteiger partial charge on any atom is 0.341 e. The Balaban J connectivity index is 0.000000620. The van der Waals surface area contributed by atoms with Gasteiger partial charge < -0.3 is 19.7 Å². The smallest absolute Gasteiger partial charge is 0.341 e. The molecule has 10 nitrogen and oxygen atoms in total. The van der Waals surface area contributed by atoms with E-state index in [1.54, 1.807) is 0 Å². The van der Waals surface area contributed by atoms with E-state index in [0.29, 0.717) is 0 Å². The van der Waals surface area contributed by atoms with Gasteiger partial charge in [-0.25, -0.2) is 19.2 Å². The van der Waals surface area contributed by atoms with Gasteiger partial charge in [0.2, 0.25) is 0 Å². The van der Waals surface area contributed by atoms with E-state index < -0.39 is 59.8 Å². The summed E-state index contributed by atoms with van der Waals surface area (Å²) >= 11 is 0. The molecule has 0 saturated heterocycles. The summed E-state index contributed by atoms with van der Waals surface area (Å²) in [5, 5.41) is 16.7. The quantitative estimate of drug-likeness (QED) is 0.374. The van der Waals surface area contributed by atoms with Crippen molar-refractivity contribution < 1.29 is 48.5 Å². The van der Waals surface area contributed by atoms with Crippen LogP contribution in [0.1, 0.15) is 12.8 Å². The molecule has 24 heavy (non-hydrogen) atoms. The number of rotatable bonds is 6. The predicted octanol–water partition coefficient (Wildman–Crippen LogP) is -0.256. The second kappa shape index (κ2) is 9.46. The molecule has 0 aromatic rings. The van der Waals surface area contributed by atoms with Crippen LogP contribution in [0.5, 0.6) is 0 Å². The lowest BCUT2D eigenvalue weighted by molar-refractivity contribution is -0.156. The normalized spacial score (nSPS) is 11.7. The van der Waals surface area contributed by atoms with E-state index in [1.165, 1.54) is 0 Å². The molecule has 10 heteroatoms. The molecule has 0 bridgehead atoms. The Kier molecular flexibility index (Phi) is 8.05. The molecule has 0 spiro atoms. The Morgan fingerprint density at radius 2 is 1.21 bits per heavy atom. The van der Waals surface area contributed by atoms with E-state index >= 15 is 0 Å². The van der Waals surface area contributed by atoms with Gasteiger partial charge in [0.1, 0.15) is 0 Å². The first-order chi connectivity index (χ1) is 11.0. The van der Waals surface area contributed by atoms with Gasteiger partial charge in [0.15, 0.2) is 0 Å². The molecule has 0 atom stereocenters. The number of hydrogen-bond donors (Lipinski definition) is 2. The highest BCUT2D eigenvalue weighted by Gasteiger charge is 2.19. The van der Waals surface area contributed by atoms with Gasteiger partial charge in [-0.1, -0.05) is 13.2 Å². The zero-order chi connectivity index (χ0) is 18.9. The van der Waals surface area contributed by atoms with Gasteiger partial charge in [-0.3, -0.25) is 9.59 Å². The molecule has 2 N–H and O–H groups in total. The van der Waals surface area contributed by atoms with Crippen molar-refractivity contribution in [3.05, 3.63) is 36.5 Å². The van der Waals surface area contributed by atoms with Crippen molar-refractivity contribution in [2.75, 3.05) is 0 Å². The van der Waals surface area contributed by atoms with Crippen LogP contribution in [-0.4, -0.2) is 46.0 Å².